The SMILES string of the molecule is Cc1ccc(N2CC(NC(=O)c3ccnc(OCC4CC4)c3)CC2=O)cc1. The molecule has 1 saturated carbocycles. The van der Waals surface area contributed by atoms with Crippen LogP contribution in [0.4, 0.5) is 5.69 Å². The molecule has 140 valence electrons. The van der Waals surface area contributed by atoms with Crippen molar-refractivity contribution in [1.29, 1.82) is 0 Å². The van der Waals surface area contributed by atoms with Crippen molar-refractivity contribution >= 4 is 17.5 Å². The van der Waals surface area contributed by atoms with E-state index in [-0.39, 0.29) is 17.9 Å². The maximum Gasteiger partial charge on any atom is 0.251 e. The van der Waals surface area contributed by atoms with E-state index in [2.05, 4.69) is 10.3 Å². The van der Waals surface area contributed by atoms with Crippen molar-refractivity contribution in [3.63, 3.8) is 0 Å². The number of anilines is 1. The molecule has 1 aliphatic carbocycles. The fourth-order valence-electron chi connectivity index (χ4n) is 3.16. The number of aryl methyl sites for hydroxylation is 1. The maximum atomic E-state index is 12.6. The number of rotatable bonds is 6. The van der Waals surface area contributed by atoms with Crippen LogP contribution in [0.25, 0.3) is 0 Å². The highest BCUT2D eigenvalue weighted by Crippen LogP contribution is 2.29. The first-order valence-corrected chi connectivity index (χ1v) is 9.35. The molecule has 1 unspecified atom stereocenters. The van der Waals surface area contributed by atoms with E-state index >= 15 is 0 Å². The average molecular weight is 365 g/mol. The number of aromatic nitrogens is 1. The molecule has 2 heterocycles. The molecule has 0 bridgehead atoms. The van der Waals surface area contributed by atoms with Crippen LogP contribution in [0.3, 0.4) is 0 Å². The highest BCUT2D eigenvalue weighted by Gasteiger charge is 2.31. The van der Waals surface area contributed by atoms with E-state index in [1.54, 1.807) is 23.2 Å². The van der Waals surface area contributed by atoms with Gasteiger partial charge in [-0.2, -0.15) is 0 Å². The second-order valence-electron chi connectivity index (χ2n) is 7.35. The summed E-state index contributed by atoms with van der Waals surface area (Å²) >= 11 is 0. The van der Waals surface area contributed by atoms with Gasteiger partial charge in [0.05, 0.1) is 12.6 Å². The van der Waals surface area contributed by atoms with Gasteiger partial charge in [0, 0.05) is 36.5 Å². The third kappa shape index (κ3) is 4.27. The lowest BCUT2D eigenvalue weighted by Crippen LogP contribution is -2.37. The Morgan fingerprint density at radius 1 is 1.26 bits per heavy atom. The van der Waals surface area contributed by atoms with Crippen molar-refractivity contribution in [2.75, 3.05) is 18.1 Å². The van der Waals surface area contributed by atoms with Gasteiger partial charge in [0.15, 0.2) is 0 Å². The summed E-state index contributed by atoms with van der Waals surface area (Å²) in [5.74, 6) is 0.907. The minimum Gasteiger partial charge on any atom is -0.477 e. The normalized spacial score (nSPS) is 19.2. The third-order valence-corrected chi connectivity index (χ3v) is 4.97. The zero-order valence-electron chi connectivity index (χ0n) is 15.4. The van der Waals surface area contributed by atoms with Crippen LogP contribution >= 0.6 is 0 Å². The predicted molar refractivity (Wildman–Crippen MR) is 102 cm³/mol. The van der Waals surface area contributed by atoms with E-state index in [1.165, 1.54) is 12.8 Å². The summed E-state index contributed by atoms with van der Waals surface area (Å²) in [5, 5.41) is 2.96. The Balaban J connectivity index is 1.37. The Bertz CT molecular complexity index is 846. The number of benzene rings is 1. The molecule has 2 aromatic rings. The van der Waals surface area contributed by atoms with Crippen LogP contribution in [0.5, 0.6) is 5.88 Å². The van der Waals surface area contributed by atoms with Crippen LogP contribution in [0.1, 0.15) is 35.2 Å². The molecule has 6 nitrogen and oxygen atoms in total. The topological polar surface area (TPSA) is 71.5 Å². The molecule has 1 aromatic carbocycles. The maximum absolute atomic E-state index is 12.6. The first-order valence-electron chi connectivity index (χ1n) is 9.35. The summed E-state index contributed by atoms with van der Waals surface area (Å²) in [7, 11) is 0. The van der Waals surface area contributed by atoms with E-state index in [0.717, 1.165) is 11.3 Å². The number of amides is 2. The monoisotopic (exact) mass is 365 g/mol. The van der Waals surface area contributed by atoms with E-state index in [9.17, 15) is 9.59 Å². The van der Waals surface area contributed by atoms with E-state index in [4.69, 9.17) is 4.74 Å². The Labute approximate surface area is 158 Å². The largest absolute Gasteiger partial charge is 0.477 e. The lowest BCUT2D eigenvalue weighted by atomic mass is 10.2. The summed E-state index contributed by atoms with van der Waals surface area (Å²) < 4.78 is 5.64. The van der Waals surface area contributed by atoms with Crippen molar-refractivity contribution in [1.82, 2.24) is 10.3 Å². The van der Waals surface area contributed by atoms with Crippen LogP contribution in [0.2, 0.25) is 0 Å². The van der Waals surface area contributed by atoms with Crippen LogP contribution in [-0.4, -0.2) is 36.0 Å². The van der Waals surface area contributed by atoms with E-state index < -0.39 is 0 Å². The van der Waals surface area contributed by atoms with Gasteiger partial charge in [0.25, 0.3) is 5.91 Å². The molecule has 1 saturated heterocycles. The Hall–Kier alpha value is -2.89. The molecule has 6 heteroatoms. The second kappa shape index (κ2) is 7.39. The van der Waals surface area contributed by atoms with E-state index in [0.29, 0.717) is 36.9 Å². The van der Waals surface area contributed by atoms with Crippen molar-refractivity contribution in [2.45, 2.75) is 32.2 Å². The van der Waals surface area contributed by atoms with Gasteiger partial charge in [-0.25, -0.2) is 4.98 Å². The minimum atomic E-state index is -0.213. The number of nitrogens with one attached hydrogen (secondary N) is 1. The molecule has 1 aromatic heterocycles. The molecule has 27 heavy (non-hydrogen) atoms. The van der Waals surface area contributed by atoms with Crippen LogP contribution in [-0.2, 0) is 4.79 Å². The van der Waals surface area contributed by atoms with E-state index in [1.807, 2.05) is 31.2 Å². The number of hydrogen-bond acceptors (Lipinski definition) is 4. The lowest BCUT2D eigenvalue weighted by Gasteiger charge is -2.17. The van der Waals surface area contributed by atoms with Crippen molar-refractivity contribution < 1.29 is 14.3 Å². The van der Waals surface area contributed by atoms with Gasteiger partial charge in [-0.05, 0) is 43.9 Å². The quantitative estimate of drug-likeness (QED) is 0.854. The fourth-order valence-corrected chi connectivity index (χ4v) is 3.16. The van der Waals surface area contributed by atoms with Crippen LogP contribution in [0.15, 0.2) is 42.6 Å². The molecule has 1 N–H and O–H groups in total. The Morgan fingerprint density at radius 3 is 2.78 bits per heavy atom. The van der Waals surface area contributed by atoms with Crippen molar-refractivity contribution in [3.05, 3.63) is 53.7 Å². The van der Waals surface area contributed by atoms with Gasteiger partial charge >= 0.3 is 0 Å². The standard InChI is InChI=1S/C21H23N3O3/c1-14-2-6-18(7-3-14)24-12-17(11-20(24)25)23-21(26)16-8-9-22-19(10-16)27-13-15-4-5-15/h2-3,6-10,15,17H,4-5,11-13H2,1H3,(H,23,26). The highest BCUT2D eigenvalue weighted by atomic mass is 16.5. The summed E-state index contributed by atoms with van der Waals surface area (Å²) in [5.41, 5.74) is 2.51. The number of nitrogens with zero attached hydrogens (tertiary/aromatic N) is 2. The molecule has 1 atom stereocenters. The number of carbonyl (C=O) groups excluding carboxylic acids is 2. The fraction of sp³-hybridized carbons (Fsp3) is 0.381. The Morgan fingerprint density at radius 2 is 2.04 bits per heavy atom. The molecule has 4 rings (SSSR count). The van der Waals surface area contributed by atoms with Gasteiger partial charge in [0.2, 0.25) is 11.8 Å². The summed E-state index contributed by atoms with van der Waals surface area (Å²) in [6, 6.07) is 10.9. The molecular formula is C21H23N3O3. The van der Waals surface area contributed by atoms with Crippen LogP contribution < -0.4 is 15.0 Å². The second-order valence-corrected chi connectivity index (χ2v) is 7.35. The molecule has 0 spiro atoms. The number of hydrogen-bond donors (Lipinski definition) is 1. The van der Waals surface area contributed by atoms with Gasteiger partial charge in [-0.3, -0.25) is 9.59 Å². The first kappa shape index (κ1) is 17.5. The van der Waals surface area contributed by atoms with Gasteiger partial charge in [-0.15, -0.1) is 0 Å². The minimum absolute atomic E-state index is 0.0207. The van der Waals surface area contributed by atoms with Crippen LogP contribution in [0, 0.1) is 12.8 Å². The van der Waals surface area contributed by atoms with Gasteiger partial charge < -0.3 is 15.0 Å². The predicted octanol–water partition coefficient (Wildman–Crippen LogP) is 2.71. The average Bonchev–Trinajstić information content (AvgIpc) is 3.43. The molecule has 0 radical (unpaired) electrons. The molecule has 2 aliphatic rings. The summed E-state index contributed by atoms with van der Waals surface area (Å²) in [4.78, 5) is 30.8. The summed E-state index contributed by atoms with van der Waals surface area (Å²) in [6.45, 7) is 3.14. The highest BCUT2D eigenvalue weighted by molar-refractivity contribution is 5.99. The Kier molecular flexibility index (Phi) is 4.79. The number of pyridine rings is 1. The number of ether oxygens (including phenoxy) is 1. The molecule has 1 aliphatic heterocycles. The van der Waals surface area contributed by atoms with Gasteiger partial charge in [0.1, 0.15) is 0 Å². The smallest absolute Gasteiger partial charge is 0.251 e. The first-order chi connectivity index (χ1) is 13.1. The third-order valence-electron chi connectivity index (χ3n) is 4.97. The summed E-state index contributed by atoms with van der Waals surface area (Å²) in [6.07, 6.45) is 4.28. The van der Waals surface area contributed by atoms with Crippen molar-refractivity contribution in [2.24, 2.45) is 5.92 Å². The molecular weight excluding hydrogens is 342 g/mol. The molecule has 2 amide bonds. The molecule has 2 fully saturated rings. The number of carbonyl (C=O) groups is 2. The van der Waals surface area contributed by atoms with Gasteiger partial charge in [-0.1, -0.05) is 17.7 Å². The zero-order valence-corrected chi connectivity index (χ0v) is 15.4. The lowest BCUT2D eigenvalue weighted by molar-refractivity contribution is -0.117. The zero-order chi connectivity index (χ0) is 18.8. The van der Waals surface area contributed by atoms with Crippen molar-refractivity contribution in [3.8, 4) is 5.88 Å².